The lowest BCUT2D eigenvalue weighted by Crippen LogP contribution is -2.49. The molecule has 0 aromatic rings. The number of ether oxygens (including phenoxy) is 1. The second-order valence-electron chi connectivity index (χ2n) is 3.98. The molecule has 0 spiro atoms. The van der Waals surface area contributed by atoms with E-state index in [0.29, 0.717) is 25.6 Å². The summed E-state index contributed by atoms with van der Waals surface area (Å²) in [6.45, 7) is 4.14. The van der Waals surface area contributed by atoms with Crippen molar-refractivity contribution in [3.05, 3.63) is 0 Å². The molecule has 1 fully saturated rings. The molecule has 1 aliphatic rings. The summed E-state index contributed by atoms with van der Waals surface area (Å²) >= 11 is 0. The van der Waals surface area contributed by atoms with Gasteiger partial charge in [-0.2, -0.15) is 0 Å². The number of hydrogen-bond acceptors (Lipinski definition) is 4. The van der Waals surface area contributed by atoms with Gasteiger partial charge in [0, 0.05) is 19.0 Å². The van der Waals surface area contributed by atoms with Crippen molar-refractivity contribution in [2.75, 3.05) is 26.3 Å². The molecule has 15 heavy (non-hydrogen) atoms. The van der Waals surface area contributed by atoms with Gasteiger partial charge in [-0.25, -0.2) is 0 Å². The van der Waals surface area contributed by atoms with Gasteiger partial charge in [-0.1, -0.05) is 0 Å². The van der Waals surface area contributed by atoms with Crippen LogP contribution >= 0.6 is 0 Å². The number of rotatable bonds is 5. The molecule has 1 saturated heterocycles. The predicted octanol–water partition coefficient (Wildman–Crippen LogP) is -0.0672. The predicted molar refractivity (Wildman–Crippen MR) is 54.7 cm³/mol. The molecular formula is C10H19NO4. The third-order valence-corrected chi connectivity index (χ3v) is 2.67. The normalized spacial score (nSPS) is 27.9. The summed E-state index contributed by atoms with van der Waals surface area (Å²) in [7, 11) is 0. The standard InChI is InChI=1S/C10H19NO4/c1-8-7-15-9(6-12)5-11(8)4-2-3-10(13)14/h8-9,12H,2-7H2,1H3,(H,13,14). The van der Waals surface area contributed by atoms with Crippen LogP contribution in [0.15, 0.2) is 0 Å². The molecule has 2 atom stereocenters. The number of carbonyl (C=O) groups is 1. The molecule has 2 unspecified atom stereocenters. The SMILES string of the molecule is CC1COC(CO)CN1CCCC(=O)O. The maximum Gasteiger partial charge on any atom is 0.303 e. The Kier molecular flexibility index (Phi) is 5.01. The highest BCUT2D eigenvalue weighted by Crippen LogP contribution is 2.12. The molecule has 1 heterocycles. The number of carboxylic acids is 1. The van der Waals surface area contributed by atoms with Crippen molar-refractivity contribution in [3.8, 4) is 0 Å². The largest absolute Gasteiger partial charge is 0.481 e. The zero-order valence-electron chi connectivity index (χ0n) is 9.06. The molecule has 2 N–H and O–H groups in total. The smallest absolute Gasteiger partial charge is 0.303 e. The van der Waals surface area contributed by atoms with Crippen molar-refractivity contribution >= 4 is 5.97 Å². The fourth-order valence-electron chi connectivity index (χ4n) is 1.73. The van der Waals surface area contributed by atoms with E-state index in [1.807, 2.05) is 6.92 Å². The second kappa shape index (κ2) is 6.05. The molecule has 1 rings (SSSR count). The highest BCUT2D eigenvalue weighted by Gasteiger charge is 2.24. The van der Waals surface area contributed by atoms with Gasteiger partial charge >= 0.3 is 5.97 Å². The van der Waals surface area contributed by atoms with Crippen molar-refractivity contribution in [2.24, 2.45) is 0 Å². The highest BCUT2D eigenvalue weighted by atomic mass is 16.5. The number of aliphatic hydroxyl groups excluding tert-OH is 1. The number of nitrogens with zero attached hydrogens (tertiary/aromatic N) is 1. The molecule has 88 valence electrons. The van der Waals surface area contributed by atoms with E-state index in [0.717, 1.165) is 6.54 Å². The van der Waals surface area contributed by atoms with E-state index in [4.69, 9.17) is 14.9 Å². The van der Waals surface area contributed by atoms with Gasteiger partial charge in [0.25, 0.3) is 0 Å². The number of aliphatic carboxylic acids is 1. The van der Waals surface area contributed by atoms with Gasteiger partial charge in [0.15, 0.2) is 0 Å². The summed E-state index contributed by atoms with van der Waals surface area (Å²) < 4.78 is 5.39. The lowest BCUT2D eigenvalue weighted by atomic mass is 10.2. The summed E-state index contributed by atoms with van der Waals surface area (Å²) in [4.78, 5) is 12.5. The van der Waals surface area contributed by atoms with Crippen LogP contribution in [0.2, 0.25) is 0 Å². The van der Waals surface area contributed by atoms with Crippen LogP contribution in [0.25, 0.3) is 0 Å². The van der Waals surface area contributed by atoms with Gasteiger partial charge < -0.3 is 14.9 Å². The topological polar surface area (TPSA) is 70.0 Å². The van der Waals surface area contributed by atoms with Crippen molar-refractivity contribution < 1.29 is 19.7 Å². The Bertz CT molecular complexity index is 210. The lowest BCUT2D eigenvalue weighted by Gasteiger charge is -2.37. The maximum absolute atomic E-state index is 10.4. The maximum atomic E-state index is 10.4. The van der Waals surface area contributed by atoms with Gasteiger partial charge in [0.05, 0.1) is 19.3 Å². The lowest BCUT2D eigenvalue weighted by molar-refractivity contribution is -0.137. The van der Waals surface area contributed by atoms with Gasteiger partial charge in [0.1, 0.15) is 0 Å². The van der Waals surface area contributed by atoms with E-state index in [2.05, 4.69) is 4.90 Å². The van der Waals surface area contributed by atoms with Crippen LogP contribution in [0.5, 0.6) is 0 Å². The van der Waals surface area contributed by atoms with E-state index in [9.17, 15) is 4.79 Å². The van der Waals surface area contributed by atoms with E-state index < -0.39 is 5.97 Å². The molecule has 0 aromatic heterocycles. The molecule has 0 bridgehead atoms. The van der Waals surface area contributed by atoms with Crippen molar-refractivity contribution in [2.45, 2.75) is 31.9 Å². The van der Waals surface area contributed by atoms with E-state index in [-0.39, 0.29) is 19.1 Å². The molecular weight excluding hydrogens is 198 g/mol. The molecule has 0 aliphatic carbocycles. The average molecular weight is 217 g/mol. The third-order valence-electron chi connectivity index (χ3n) is 2.67. The molecule has 0 saturated carbocycles. The minimum absolute atomic E-state index is 0.0299. The van der Waals surface area contributed by atoms with Crippen LogP contribution < -0.4 is 0 Å². The van der Waals surface area contributed by atoms with Crippen LogP contribution in [0, 0.1) is 0 Å². The summed E-state index contributed by atoms with van der Waals surface area (Å²) in [5, 5.41) is 17.5. The van der Waals surface area contributed by atoms with E-state index in [1.165, 1.54) is 0 Å². The van der Waals surface area contributed by atoms with E-state index >= 15 is 0 Å². The Hall–Kier alpha value is -0.650. The fourth-order valence-corrected chi connectivity index (χ4v) is 1.73. The van der Waals surface area contributed by atoms with Crippen molar-refractivity contribution in [1.29, 1.82) is 0 Å². The number of morpholine rings is 1. The Morgan fingerprint density at radius 3 is 2.93 bits per heavy atom. The monoisotopic (exact) mass is 217 g/mol. The minimum atomic E-state index is -0.755. The number of hydrogen-bond donors (Lipinski definition) is 2. The number of carboxylic acid groups (broad SMARTS) is 1. The Balaban J connectivity index is 2.28. The van der Waals surface area contributed by atoms with Crippen LogP contribution in [0.4, 0.5) is 0 Å². The first kappa shape index (κ1) is 12.4. The molecule has 0 amide bonds. The quantitative estimate of drug-likeness (QED) is 0.674. The molecule has 0 aromatic carbocycles. The van der Waals surface area contributed by atoms with Crippen LogP contribution in [0.1, 0.15) is 19.8 Å². The van der Waals surface area contributed by atoms with E-state index in [1.54, 1.807) is 0 Å². The molecule has 5 heteroatoms. The Morgan fingerprint density at radius 1 is 1.60 bits per heavy atom. The number of aliphatic hydroxyl groups is 1. The average Bonchev–Trinajstić information content (AvgIpc) is 2.20. The molecule has 0 radical (unpaired) electrons. The minimum Gasteiger partial charge on any atom is -0.481 e. The van der Waals surface area contributed by atoms with Crippen LogP contribution in [0.3, 0.4) is 0 Å². The third kappa shape index (κ3) is 4.15. The summed E-state index contributed by atoms with van der Waals surface area (Å²) in [6, 6.07) is 0.307. The summed E-state index contributed by atoms with van der Waals surface area (Å²) in [5.74, 6) is -0.755. The molecule has 5 nitrogen and oxygen atoms in total. The fraction of sp³-hybridized carbons (Fsp3) is 0.900. The first-order valence-corrected chi connectivity index (χ1v) is 5.31. The van der Waals surface area contributed by atoms with Crippen molar-refractivity contribution in [1.82, 2.24) is 4.90 Å². The summed E-state index contributed by atoms with van der Waals surface area (Å²) in [6.07, 6.45) is 0.733. The Labute approximate surface area is 89.6 Å². The first-order valence-electron chi connectivity index (χ1n) is 5.31. The van der Waals surface area contributed by atoms with Gasteiger partial charge in [-0.3, -0.25) is 9.69 Å². The molecule has 1 aliphatic heterocycles. The van der Waals surface area contributed by atoms with Crippen LogP contribution in [-0.2, 0) is 9.53 Å². The van der Waals surface area contributed by atoms with Gasteiger partial charge in [0.2, 0.25) is 0 Å². The zero-order chi connectivity index (χ0) is 11.3. The van der Waals surface area contributed by atoms with Crippen molar-refractivity contribution in [3.63, 3.8) is 0 Å². The summed E-state index contributed by atoms with van der Waals surface area (Å²) in [5.41, 5.74) is 0. The first-order chi connectivity index (χ1) is 7.13. The van der Waals surface area contributed by atoms with Gasteiger partial charge in [-0.15, -0.1) is 0 Å². The van der Waals surface area contributed by atoms with Gasteiger partial charge in [-0.05, 0) is 19.9 Å². The Morgan fingerprint density at radius 2 is 2.33 bits per heavy atom. The highest BCUT2D eigenvalue weighted by molar-refractivity contribution is 5.66. The second-order valence-corrected chi connectivity index (χ2v) is 3.98. The van der Waals surface area contributed by atoms with Crippen LogP contribution in [-0.4, -0.2) is 59.5 Å². The zero-order valence-corrected chi connectivity index (χ0v) is 9.06.